The van der Waals surface area contributed by atoms with Gasteiger partial charge in [-0.2, -0.15) is 0 Å². The molecule has 0 bridgehead atoms. The Hall–Kier alpha value is -2.62. The molecule has 1 atom stereocenters. The van der Waals surface area contributed by atoms with Crippen molar-refractivity contribution in [2.45, 2.75) is 13.3 Å². The predicted molar refractivity (Wildman–Crippen MR) is 91.1 cm³/mol. The Morgan fingerprint density at radius 1 is 0.870 bits per heavy atom. The van der Waals surface area contributed by atoms with E-state index in [4.69, 9.17) is 0 Å². The number of hydrogen-bond donors (Lipinski definition) is 2. The van der Waals surface area contributed by atoms with Gasteiger partial charge in [-0.3, -0.25) is 9.59 Å². The molecule has 0 spiro atoms. The van der Waals surface area contributed by atoms with Crippen molar-refractivity contribution in [3.63, 3.8) is 0 Å². The summed E-state index contributed by atoms with van der Waals surface area (Å²) >= 11 is 0. The van der Waals surface area contributed by atoms with Gasteiger partial charge in [0, 0.05) is 24.6 Å². The minimum absolute atomic E-state index is 0.00260. The van der Waals surface area contributed by atoms with Gasteiger partial charge in [-0.05, 0) is 24.1 Å². The fourth-order valence-electron chi connectivity index (χ4n) is 2.29. The summed E-state index contributed by atoms with van der Waals surface area (Å²) in [6.07, 6.45) is 0.711. The molecule has 0 saturated carbocycles. The molecule has 0 aliphatic rings. The Balaban J connectivity index is 1.67. The van der Waals surface area contributed by atoms with Crippen molar-refractivity contribution in [3.8, 4) is 0 Å². The number of nitrogens with one attached hydrogen (secondary N) is 2. The molecule has 0 saturated heterocycles. The standard InChI is InChI=1S/C19H22N2O2/c1-15(14-16-8-4-2-5-9-16)18(22)20-12-13-21-19(23)17-10-6-3-7-11-17/h2-11,15H,12-14H2,1H3,(H,20,22)(H,21,23). The number of rotatable bonds is 7. The van der Waals surface area contributed by atoms with Gasteiger partial charge in [0.1, 0.15) is 0 Å². The Bertz CT molecular complexity index is 626. The minimum atomic E-state index is -0.128. The van der Waals surface area contributed by atoms with Crippen LogP contribution in [0.5, 0.6) is 0 Å². The molecule has 4 nitrogen and oxygen atoms in total. The first kappa shape index (κ1) is 16.7. The largest absolute Gasteiger partial charge is 0.354 e. The lowest BCUT2D eigenvalue weighted by molar-refractivity contribution is -0.124. The summed E-state index contributed by atoms with van der Waals surface area (Å²) in [5.41, 5.74) is 1.77. The third-order valence-electron chi connectivity index (χ3n) is 3.58. The molecule has 0 aromatic heterocycles. The first-order chi connectivity index (χ1) is 11.2. The summed E-state index contributed by atoms with van der Waals surface area (Å²) in [4.78, 5) is 23.9. The lowest BCUT2D eigenvalue weighted by Gasteiger charge is -2.12. The second-order valence-corrected chi connectivity index (χ2v) is 5.50. The van der Waals surface area contributed by atoms with Crippen molar-refractivity contribution in [2.24, 2.45) is 5.92 Å². The molecule has 2 rings (SSSR count). The first-order valence-corrected chi connectivity index (χ1v) is 7.81. The molecule has 120 valence electrons. The van der Waals surface area contributed by atoms with Crippen LogP contribution in [0.25, 0.3) is 0 Å². The van der Waals surface area contributed by atoms with Crippen molar-refractivity contribution < 1.29 is 9.59 Å². The van der Waals surface area contributed by atoms with Gasteiger partial charge in [-0.15, -0.1) is 0 Å². The Morgan fingerprint density at radius 2 is 1.43 bits per heavy atom. The Kier molecular flexibility index (Phi) is 6.36. The van der Waals surface area contributed by atoms with Crippen LogP contribution < -0.4 is 10.6 Å². The molecule has 23 heavy (non-hydrogen) atoms. The zero-order valence-electron chi connectivity index (χ0n) is 13.3. The third-order valence-corrected chi connectivity index (χ3v) is 3.58. The lowest BCUT2D eigenvalue weighted by atomic mass is 10.0. The zero-order chi connectivity index (χ0) is 16.5. The van der Waals surface area contributed by atoms with E-state index in [2.05, 4.69) is 10.6 Å². The Morgan fingerprint density at radius 3 is 2.09 bits per heavy atom. The van der Waals surface area contributed by atoms with E-state index in [1.807, 2.05) is 55.5 Å². The molecule has 0 fully saturated rings. The molecule has 0 radical (unpaired) electrons. The molecular weight excluding hydrogens is 288 g/mol. The molecule has 1 unspecified atom stereocenters. The predicted octanol–water partition coefficient (Wildman–Crippen LogP) is 2.41. The smallest absolute Gasteiger partial charge is 0.251 e. The van der Waals surface area contributed by atoms with E-state index < -0.39 is 0 Å². The summed E-state index contributed by atoms with van der Waals surface area (Å²) in [6, 6.07) is 19.0. The molecule has 0 heterocycles. The van der Waals surface area contributed by atoms with E-state index in [-0.39, 0.29) is 17.7 Å². The molecule has 2 aromatic carbocycles. The van der Waals surface area contributed by atoms with Gasteiger partial charge in [0.25, 0.3) is 5.91 Å². The van der Waals surface area contributed by atoms with Gasteiger partial charge in [0.2, 0.25) is 5.91 Å². The van der Waals surface area contributed by atoms with E-state index >= 15 is 0 Å². The summed E-state index contributed by atoms with van der Waals surface area (Å²) in [5, 5.41) is 5.65. The maximum atomic E-state index is 12.0. The van der Waals surface area contributed by atoms with E-state index in [0.717, 1.165) is 5.56 Å². The third kappa shape index (κ3) is 5.58. The monoisotopic (exact) mass is 310 g/mol. The lowest BCUT2D eigenvalue weighted by Crippen LogP contribution is -2.37. The normalized spacial score (nSPS) is 11.5. The van der Waals surface area contributed by atoms with E-state index in [0.29, 0.717) is 25.1 Å². The summed E-state index contributed by atoms with van der Waals surface area (Å²) in [6.45, 7) is 2.75. The zero-order valence-corrected chi connectivity index (χ0v) is 13.3. The SMILES string of the molecule is CC(Cc1ccccc1)C(=O)NCCNC(=O)c1ccccc1. The molecule has 2 aromatic rings. The van der Waals surface area contributed by atoms with Crippen LogP contribution in [0.2, 0.25) is 0 Å². The summed E-state index contributed by atoms with van der Waals surface area (Å²) < 4.78 is 0. The van der Waals surface area contributed by atoms with Crippen molar-refractivity contribution in [1.29, 1.82) is 0 Å². The number of benzene rings is 2. The van der Waals surface area contributed by atoms with Gasteiger partial charge < -0.3 is 10.6 Å². The molecule has 2 N–H and O–H groups in total. The van der Waals surface area contributed by atoms with Gasteiger partial charge in [-0.25, -0.2) is 0 Å². The highest BCUT2D eigenvalue weighted by atomic mass is 16.2. The van der Waals surface area contributed by atoms with E-state index in [1.54, 1.807) is 12.1 Å². The van der Waals surface area contributed by atoms with Crippen LogP contribution in [-0.2, 0) is 11.2 Å². The van der Waals surface area contributed by atoms with Crippen LogP contribution in [0.3, 0.4) is 0 Å². The molecule has 0 aliphatic heterocycles. The summed E-state index contributed by atoms with van der Waals surface area (Å²) in [7, 11) is 0. The van der Waals surface area contributed by atoms with Crippen LogP contribution in [-0.4, -0.2) is 24.9 Å². The first-order valence-electron chi connectivity index (χ1n) is 7.81. The van der Waals surface area contributed by atoms with Crippen LogP contribution >= 0.6 is 0 Å². The fourth-order valence-corrected chi connectivity index (χ4v) is 2.29. The maximum Gasteiger partial charge on any atom is 0.251 e. The maximum absolute atomic E-state index is 12.0. The quantitative estimate of drug-likeness (QED) is 0.772. The van der Waals surface area contributed by atoms with Gasteiger partial charge in [0.15, 0.2) is 0 Å². The highest BCUT2D eigenvalue weighted by Gasteiger charge is 2.13. The second kappa shape index (κ2) is 8.73. The molecule has 2 amide bonds. The minimum Gasteiger partial charge on any atom is -0.354 e. The van der Waals surface area contributed by atoms with Crippen molar-refractivity contribution >= 4 is 11.8 Å². The number of carbonyl (C=O) groups excluding carboxylic acids is 2. The van der Waals surface area contributed by atoms with Gasteiger partial charge in [0.05, 0.1) is 0 Å². The van der Waals surface area contributed by atoms with Crippen LogP contribution in [0.1, 0.15) is 22.8 Å². The van der Waals surface area contributed by atoms with Crippen LogP contribution in [0.4, 0.5) is 0 Å². The average Bonchev–Trinajstić information content (AvgIpc) is 2.60. The number of carbonyl (C=O) groups is 2. The number of hydrogen-bond acceptors (Lipinski definition) is 2. The van der Waals surface area contributed by atoms with Gasteiger partial charge >= 0.3 is 0 Å². The highest BCUT2D eigenvalue weighted by molar-refractivity contribution is 5.94. The molecular formula is C19H22N2O2. The molecule has 0 aliphatic carbocycles. The van der Waals surface area contributed by atoms with Crippen LogP contribution in [0, 0.1) is 5.92 Å². The molecule has 4 heteroatoms. The van der Waals surface area contributed by atoms with Crippen molar-refractivity contribution in [2.75, 3.05) is 13.1 Å². The average molecular weight is 310 g/mol. The topological polar surface area (TPSA) is 58.2 Å². The fraction of sp³-hybridized carbons (Fsp3) is 0.263. The van der Waals surface area contributed by atoms with Crippen molar-refractivity contribution in [3.05, 3.63) is 71.8 Å². The Labute approximate surface area is 136 Å². The van der Waals surface area contributed by atoms with Crippen molar-refractivity contribution in [1.82, 2.24) is 10.6 Å². The van der Waals surface area contributed by atoms with Gasteiger partial charge in [-0.1, -0.05) is 55.5 Å². The summed E-state index contributed by atoms with van der Waals surface area (Å²) in [5.74, 6) is -0.220. The number of amides is 2. The van der Waals surface area contributed by atoms with E-state index in [9.17, 15) is 9.59 Å². The highest BCUT2D eigenvalue weighted by Crippen LogP contribution is 2.07. The second-order valence-electron chi connectivity index (χ2n) is 5.50. The van der Waals surface area contributed by atoms with Crippen LogP contribution in [0.15, 0.2) is 60.7 Å². The van der Waals surface area contributed by atoms with E-state index in [1.165, 1.54) is 0 Å².